The first-order valence-corrected chi connectivity index (χ1v) is 40.5. The number of benzene rings is 3. The van der Waals surface area contributed by atoms with Crippen molar-refractivity contribution in [1.82, 2.24) is 88.1 Å². The zero-order valence-corrected chi connectivity index (χ0v) is 73.2. The van der Waals surface area contributed by atoms with Gasteiger partial charge in [-0.2, -0.15) is 9.97 Å². The molecule has 12 aromatic rings. The molecule has 0 bridgehead atoms. The molecule has 34 heteroatoms. The third kappa shape index (κ3) is 21.5. The van der Waals surface area contributed by atoms with Gasteiger partial charge in [-0.05, 0) is 242 Å². The van der Waals surface area contributed by atoms with Crippen molar-refractivity contribution in [1.29, 1.82) is 0 Å². The smallest absolute Gasteiger partial charge is 0.410 e. The molecule has 9 aromatic heterocycles. The van der Waals surface area contributed by atoms with Crippen LogP contribution in [-0.4, -0.2) is 147 Å². The summed E-state index contributed by atoms with van der Waals surface area (Å²) in [4.78, 5) is 107. The molecule has 0 spiro atoms. The molecule has 31 nitrogen and oxygen atoms in total. The second-order valence-electron chi connectivity index (χ2n) is 31.7. The van der Waals surface area contributed by atoms with Gasteiger partial charge >= 0.3 is 12.2 Å². The normalized spacial score (nSPS) is 13.3. The van der Waals surface area contributed by atoms with Crippen LogP contribution in [0, 0.1) is 0 Å². The average molecular weight is 1690 g/mol. The van der Waals surface area contributed by atoms with Gasteiger partial charge in [-0.1, -0.05) is 62.0 Å². The van der Waals surface area contributed by atoms with Crippen LogP contribution < -0.4 is 38.4 Å². The fourth-order valence-corrected chi connectivity index (χ4v) is 13.8. The lowest BCUT2D eigenvalue weighted by Gasteiger charge is -2.31. The first-order chi connectivity index (χ1) is 55.4. The summed E-state index contributed by atoms with van der Waals surface area (Å²) in [6, 6.07) is 34.1. The maximum Gasteiger partial charge on any atom is 0.410 e. The van der Waals surface area contributed by atoms with E-state index in [2.05, 4.69) is 68.0 Å². The van der Waals surface area contributed by atoms with E-state index in [0.717, 1.165) is 59.7 Å². The standard InChI is InChI=1S/C29H35N7O4.C24H27N7O2.C16H19N5O2S.C14H20N2O2.C2H6.2ClH/c1-7-35-25(37)21-16-30-26(33-24(21)36(35)23-10-8-9-22(32-23)29(5,6)39)31-20-12-11-19-17-34(14-13-18(19)15-20)27(38)40-28(2,3)4;1-4-30-22(32)18-14-26-23(27-17-9-8-16-13-25-11-10-15(16)12-17)29-21(18)31(30)20-7-5-6-19(28-20)24(2,3)33;1-5-20-14(22)10-9-17-15(24-4)19-13(10)21(20)12-8-6-7-11(18-12)16(2,3)23;1-14(2,3)18-13(17)16-7-6-10-8-12(15)5-4-11(10)9-16;1-2;;/h8-12,15-16,39H,7,13-14,17H2,1-6H3,(H,30,31,33);5-9,12,14,25,33H,4,10-11,13H2,1-3H3,(H,26,27,29);6-9,23H,5H2,1-4H3;4-5,8H,6-7,9,15H2,1-3H3;1-2H3;2*1H. The van der Waals surface area contributed by atoms with Crippen LogP contribution in [0.5, 0.6) is 0 Å². The Balaban J connectivity index is 0.000000185. The van der Waals surface area contributed by atoms with Crippen LogP contribution in [0.4, 0.5) is 38.5 Å². The Labute approximate surface area is 707 Å². The first kappa shape index (κ1) is 91.8. The van der Waals surface area contributed by atoms with Gasteiger partial charge in [0.15, 0.2) is 39.6 Å². The van der Waals surface area contributed by atoms with E-state index in [1.54, 1.807) is 134 Å². The Morgan fingerprint density at radius 1 is 0.479 bits per heavy atom. The van der Waals surface area contributed by atoms with E-state index in [4.69, 9.17) is 20.2 Å². The number of nitrogens with one attached hydrogen (secondary N) is 3. The number of ether oxygens (including phenoxy) is 2. The summed E-state index contributed by atoms with van der Waals surface area (Å²) in [5, 5.41) is 42.9. The molecule has 0 atom stereocenters. The Kier molecular flexibility index (Phi) is 29.2. The molecule has 0 saturated heterocycles. The second kappa shape index (κ2) is 37.9. The lowest BCUT2D eigenvalue weighted by atomic mass is 9.99. The van der Waals surface area contributed by atoms with E-state index in [-0.39, 0.29) is 53.7 Å². The van der Waals surface area contributed by atoms with Gasteiger partial charge in [0.2, 0.25) is 11.9 Å². The lowest BCUT2D eigenvalue weighted by molar-refractivity contribution is 0.0214. The molecule has 0 saturated carbocycles. The number of hydrogen-bond donors (Lipinski definition) is 7. The van der Waals surface area contributed by atoms with Crippen molar-refractivity contribution in [2.45, 2.75) is 209 Å². The number of anilines is 5. The van der Waals surface area contributed by atoms with Gasteiger partial charge in [-0.25, -0.2) is 72.6 Å². The highest BCUT2D eigenvalue weighted by molar-refractivity contribution is 7.98. The number of pyridine rings is 3. The predicted molar refractivity (Wildman–Crippen MR) is 470 cm³/mol. The summed E-state index contributed by atoms with van der Waals surface area (Å²) in [6.07, 6.45) is 8.47. The Morgan fingerprint density at radius 2 is 0.840 bits per heavy atom. The minimum absolute atomic E-state index is 0. The molecule has 3 aliphatic heterocycles. The maximum absolute atomic E-state index is 13.1. The van der Waals surface area contributed by atoms with Crippen molar-refractivity contribution in [2.24, 2.45) is 0 Å². The first-order valence-electron chi connectivity index (χ1n) is 39.3. The van der Waals surface area contributed by atoms with Crippen molar-refractivity contribution in [3.63, 3.8) is 0 Å². The lowest BCUT2D eigenvalue weighted by Crippen LogP contribution is -2.39. The summed E-state index contributed by atoms with van der Waals surface area (Å²) < 4.78 is 20.6. The average Bonchev–Trinajstić information content (AvgIpc) is 1.62. The van der Waals surface area contributed by atoms with Crippen molar-refractivity contribution in [3.05, 3.63) is 209 Å². The van der Waals surface area contributed by atoms with Gasteiger partial charge < -0.3 is 56.3 Å². The second-order valence-corrected chi connectivity index (χ2v) is 32.5. The number of nitrogens with zero attached hydrogens (tertiary/aromatic N) is 17. The predicted octanol–water partition coefficient (Wildman–Crippen LogP) is 13.3. The van der Waals surface area contributed by atoms with Crippen molar-refractivity contribution in [3.8, 4) is 17.5 Å². The molecule has 3 aromatic carbocycles. The third-order valence-corrected chi connectivity index (χ3v) is 19.8. The highest BCUT2D eigenvalue weighted by Crippen LogP contribution is 2.31. The molecule has 8 N–H and O–H groups in total. The molecule has 3 aliphatic rings. The van der Waals surface area contributed by atoms with Crippen LogP contribution in [0.2, 0.25) is 0 Å². The summed E-state index contributed by atoms with van der Waals surface area (Å²) in [7, 11) is 0. The molecule has 0 radical (unpaired) electrons. The SMILES string of the molecule is CC.CC(C)(C)OC(=O)N1CCc2cc(N)ccc2C1.CCn1c(=O)c2cnc(Nc3ccc4c(c3)CCN(C(=O)OC(C)(C)C)C4)nc2n1-c1cccc(C(C)(C)O)n1.CCn1c(=O)c2cnc(Nc3ccc4c(c3)CCNC4)nc2n1-c1cccc(C(C)(C)O)n1.CCn1c(=O)c2cnc(SC)nc2n1-c1cccc(C(C)(C)O)n1.Cl.Cl. The van der Waals surface area contributed by atoms with Crippen LogP contribution in [0.1, 0.15) is 168 Å². The minimum Gasteiger partial charge on any atom is -0.444 e. The Morgan fingerprint density at radius 3 is 1.22 bits per heavy atom. The number of aromatic nitrogens is 15. The fourth-order valence-electron chi connectivity index (χ4n) is 13.5. The molecule has 0 unspecified atom stereocenters. The highest BCUT2D eigenvalue weighted by Gasteiger charge is 2.31. The summed E-state index contributed by atoms with van der Waals surface area (Å²) in [5.41, 5.74) is 13.4. The van der Waals surface area contributed by atoms with Gasteiger partial charge in [-0.3, -0.25) is 14.4 Å². The van der Waals surface area contributed by atoms with Crippen LogP contribution in [0.25, 0.3) is 50.6 Å². The topological polar surface area (TPSA) is 379 Å². The van der Waals surface area contributed by atoms with Crippen molar-refractivity contribution in [2.75, 3.05) is 42.3 Å². The van der Waals surface area contributed by atoms with Gasteiger partial charge in [-0.15, -0.1) is 24.8 Å². The van der Waals surface area contributed by atoms with Gasteiger partial charge in [0.25, 0.3) is 16.7 Å². The van der Waals surface area contributed by atoms with Crippen LogP contribution in [0.15, 0.2) is 147 Å². The number of nitrogens with two attached hydrogens (primary N) is 1. The summed E-state index contributed by atoms with van der Waals surface area (Å²) in [5.74, 6) is 2.25. The van der Waals surface area contributed by atoms with E-state index >= 15 is 0 Å². The molecule has 2 amide bonds. The number of nitrogen functional groups attached to an aromatic ring is 1. The number of halogens is 2. The number of amides is 2. The number of fused-ring (bicyclic) bond motifs is 6. The maximum atomic E-state index is 13.1. The highest BCUT2D eigenvalue weighted by atomic mass is 35.5. The number of rotatable bonds is 14. The fraction of sp³-hybridized carbons (Fsp3) is 0.412. The van der Waals surface area contributed by atoms with Crippen LogP contribution >= 0.6 is 36.6 Å². The molecule has 634 valence electrons. The quantitative estimate of drug-likeness (QED) is 0.0302. The van der Waals surface area contributed by atoms with Gasteiger partial charge in [0.1, 0.15) is 44.2 Å². The number of hydrogen-bond acceptors (Lipinski definition) is 24. The Hall–Kier alpha value is -11.1. The number of thioether (sulfide) groups is 1. The molecule has 15 rings (SSSR count). The third-order valence-electron chi connectivity index (χ3n) is 19.2. The number of carbonyl (C=O) groups is 2. The van der Waals surface area contributed by atoms with Crippen LogP contribution in [-0.2, 0) is 84.8 Å². The molecular formula is C85H109Cl2N21O10S. The zero-order chi connectivity index (χ0) is 84.8. The monoisotopic (exact) mass is 1690 g/mol. The zero-order valence-electron chi connectivity index (χ0n) is 70.7. The van der Waals surface area contributed by atoms with E-state index in [1.165, 1.54) is 34.6 Å². The van der Waals surface area contributed by atoms with Gasteiger partial charge in [0, 0.05) is 88.0 Å². The van der Waals surface area contributed by atoms with E-state index in [9.17, 15) is 39.3 Å². The minimum atomic E-state index is -1.14. The van der Waals surface area contributed by atoms with Crippen molar-refractivity contribution >= 4 is 111 Å². The number of carbonyl (C=O) groups excluding carboxylic acids is 2. The number of aliphatic hydroxyl groups is 3. The van der Waals surface area contributed by atoms with Crippen molar-refractivity contribution < 1.29 is 34.4 Å². The van der Waals surface area contributed by atoms with E-state index < -0.39 is 28.0 Å². The van der Waals surface area contributed by atoms with E-state index in [0.29, 0.717) is 137 Å². The molecule has 0 aliphatic carbocycles. The van der Waals surface area contributed by atoms with E-state index in [1.807, 2.05) is 137 Å². The largest absolute Gasteiger partial charge is 0.444 e. The molecular weight excluding hydrogens is 1580 g/mol. The van der Waals surface area contributed by atoms with Crippen LogP contribution in [0.3, 0.4) is 0 Å². The molecule has 119 heavy (non-hydrogen) atoms. The molecule has 0 fully saturated rings. The summed E-state index contributed by atoms with van der Waals surface area (Å²) in [6.45, 7) is 36.4. The van der Waals surface area contributed by atoms with Gasteiger partial charge in [0.05, 0.1) is 17.1 Å². The molecule has 12 heterocycles. The summed E-state index contributed by atoms with van der Waals surface area (Å²) >= 11 is 1.41. The Bertz CT molecular complexity index is 5820.